The predicted octanol–water partition coefficient (Wildman–Crippen LogP) is 1.81. The molecule has 1 N–H and O–H groups in total. The molecule has 1 saturated carbocycles. The Hall–Kier alpha value is -0.0500. The maximum atomic E-state index is 5.41. The van der Waals surface area contributed by atoms with E-state index in [1.54, 1.807) is 5.54 Å². The van der Waals surface area contributed by atoms with Gasteiger partial charge >= 0.3 is 0 Å². The van der Waals surface area contributed by atoms with Crippen molar-refractivity contribution < 1.29 is 0 Å². The fourth-order valence-corrected chi connectivity index (χ4v) is 1.49. The van der Waals surface area contributed by atoms with Gasteiger partial charge in [-0.25, -0.2) is 0 Å². The highest BCUT2D eigenvalue weighted by Crippen LogP contribution is 2.26. The fourth-order valence-electron chi connectivity index (χ4n) is 1.41. The Morgan fingerprint density at radius 2 is 2.31 bits per heavy atom. The van der Waals surface area contributed by atoms with Crippen LogP contribution in [0.25, 0.3) is 0 Å². The molecular formula is C10H19ClN2. The predicted molar refractivity (Wildman–Crippen MR) is 58.1 cm³/mol. The van der Waals surface area contributed by atoms with Crippen LogP contribution in [0.1, 0.15) is 19.8 Å². The maximum absolute atomic E-state index is 5.41. The first-order chi connectivity index (χ1) is 6.25. The van der Waals surface area contributed by atoms with Gasteiger partial charge in [0.25, 0.3) is 0 Å². The van der Waals surface area contributed by atoms with E-state index in [0.717, 1.165) is 19.1 Å². The Morgan fingerprint density at radius 1 is 1.62 bits per heavy atom. The van der Waals surface area contributed by atoms with Gasteiger partial charge in [-0.3, -0.25) is 4.90 Å². The lowest BCUT2D eigenvalue weighted by atomic mass is 10.3. The SMILES string of the molecule is CC(CNC/C=C/Cl)N(C)C1CC1. The zero-order chi connectivity index (χ0) is 9.68. The van der Waals surface area contributed by atoms with Crippen LogP contribution in [0.5, 0.6) is 0 Å². The molecule has 1 rings (SSSR count). The van der Waals surface area contributed by atoms with Crippen LogP contribution >= 0.6 is 11.6 Å². The van der Waals surface area contributed by atoms with Crippen molar-refractivity contribution in [2.45, 2.75) is 31.8 Å². The molecule has 3 heteroatoms. The summed E-state index contributed by atoms with van der Waals surface area (Å²) in [7, 11) is 2.21. The second-order valence-corrected chi connectivity index (χ2v) is 4.02. The van der Waals surface area contributed by atoms with Crippen molar-refractivity contribution in [2.75, 3.05) is 20.1 Å². The highest BCUT2D eigenvalue weighted by atomic mass is 35.5. The molecule has 0 aromatic carbocycles. The first-order valence-electron chi connectivity index (χ1n) is 4.93. The van der Waals surface area contributed by atoms with Crippen LogP contribution in [0.2, 0.25) is 0 Å². The van der Waals surface area contributed by atoms with Gasteiger partial charge in [-0.1, -0.05) is 17.7 Å². The van der Waals surface area contributed by atoms with Gasteiger partial charge in [0.05, 0.1) is 0 Å². The Kier molecular flexibility index (Phi) is 4.78. The smallest absolute Gasteiger partial charge is 0.0192 e. The summed E-state index contributed by atoms with van der Waals surface area (Å²) in [6, 6.07) is 1.47. The average molecular weight is 203 g/mol. The third-order valence-corrected chi connectivity index (χ3v) is 2.79. The number of nitrogens with one attached hydrogen (secondary N) is 1. The van der Waals surface area contributed by atoms with Crippen molar-refractivity contribution in [1.29, 1.82) is 0 Å². The van der Waals surface area contributed by atoms with Gasteiger partial charge < -0.3 is 5.32 Å². The summed E-state index contributed by atoms with van der Waals surface area (Å²) in [6.07, 6.45) is 4.68. The number of hydrogen-bond acceptors (Lipinski definition) is 2. The van der Waals surface area contributed by atoms with Crippen LogP contribution in [0.3, 0.4) is 0 Å². The third kappa shape index (κ3) is 4.12. The van der Waals surface area contributed by atoms with Crippen LogP contribution < -0.4 is 5.32 Å². The van der Waals surface area contributed by atoms with Crippen molar-refractivity contribution in [3.05, 3.63) is 11.6 Å². The molecule has 1 aliphatic carbocycles. The summed E-state index contributed by atoms with van der Waals surface area (Å²) in [6.45, 7) is 4.16. The summed E-state index contributed by atoms with van der Waals surface area (Å²) in [4.78, 5) is 2.46. The van der Waals surface area contributed by atoms with E-state index in [1.165, 1.54) is 12.8 Å². The minimum atomic E-state index is 0.622. The van der Waals surface area contributed by atoms with Crippen LogP contribution in [0.4, 0.5) is 0 Å². The lowest BCUT2D eigenvalue weighted by Gasteiger charge is -2.24. The molecule has 0 heterocycles. The van der Waals surface area contributed by atoms with E-state index < -0.39 is 0 Å². The summed E-state index contributed by atoms with van der Waals surface area (Å²) in [5.41, 5.74) is 1.56. The molecule has 1 atom stereocenters. The van der Waals surface area contributed by atoms with Gasteiger partial charge in [0, 0.05) is 30.7 Å². The molecule has 1 fully saturated rings. The van der Waals surface area contributed by atoms with E-state index in [0.29, 0.717) is 6.04 Å². The number of hydrogen-bond donors (Lipinski definition) is 1. The standard InChI is InChI=1S/C10H19ClN2/c1-9(8-12-7-3-6-11)13(2)10-4-5-10/h3,6,9-10,12H,4-5,7-8H2,1-2H3/b6-3+. The quantitative estimate of drug-likeness (QED) is 0.661. The molecule has 0 aromatic rings. The topological polar surface area (TPSA) is 15.3 Å². The van der Waals surface area contributed by atoms with Crippen LogP contribution in [-0.4, -0.2) is 37.1 Å². The Morgan fingerprint density at radius 3 is 2.85 bits per heavy atom. The average Bonchev–Trinajstić information content (AvgIpc) is 2.94. The van der Waals surface area contributed by atoms with Crippen LogP contribution in [-0.2, 0) is 0 Å². The van der Waals surface area contributed by atoms with Crippen molar-refractivity contribution in [3.8, 4) is 0 Å². The molecule has 76 valence electrons. The zero-order valence-electron chi connectivity index (χ0n) is 8.46. The third-order valence-electron chi connectivity index (χ3n) is 2.61. The van der Waals surface area contributed by atoms with Gasteiger partial charge in [0.1, 0.15) is 0 Å². The van der Waals surface area contributed by atoms with Gasteiger partial charge in [-0.15, -0.1) is 0 Å². The number of likely N-dealkylation sites (N-methyl/N-ethyl adjacent to an activating group) is 1. The Bertz CT molecular complexity index is 166. The summed E-state index contributed by atoms with van der Waals surface area (Å²) < 4.78 is 0. The molecule has 0 aromatic heterocycles. The second-order valence-electron chi connectivity index (χ2n) is 3.77. The fraction of sp³-hybridized carbons (Fsp3) is 0.800. The lowest BCUT2D eigenvalue weighted by molar-refractivity contribution is 0.243. The highest BCUT2D eigenvalue weighted by Gasteiger charge is 2.28. The molecule has 0 spiro atoms. The molecule has 0 aliphatic heterocycles. The number of rotatable bonds is 6. The molecule has 13 heavy (non-hydrogen) atoms. The normalized spacial score (nSPS) is 20.0. The van der Waals surface area contributed by atoms with E-state index in [9.17, 15) is 0 Å². The zero-order valence-corrected chi connectivity index (χ0v) is 9.22. The monoisotopic (exact) mass is 202 g/mol. The van der Waals surface area contributed by atoms with Crippen molar-refractivity contribution in [3.63, 3.8) is 0 Å². The minimum Gasteiger partial charge on any atom is -0.312 e. The van der Waals surface area contributed by atoms with Crippen molar-refractivity contribution in [1.82, 2.24) is 10.2 Å². The summed E-state index contributed by atoms with van der Waals surface area (Å²) in [5, 5.41) is 3.34. The lowest BCUT2D eigenvalue weighted by Crippen LogP contribution is -2.39. The van der Waals surface area contributed by atoms with Crippen LogP contribution in [0.15, 0.2) is 11.6 Å². The summed E-state index contributed by atoms with van der Waals surface area (Å²) >= 11 is 5.41. The van der Waals surface area contributed by atoms with Crippen LogP contribution in [0, 0.1) is 0 Å². The van der Waals surface area contributed by atoms with Crippen molar-refractivity contribution in [2.24, 2.45) is 0 Å². The largest absolute Gasteiger partial charge is 0.312 e. The van der Waals surface area contributed by atoms with E-state index in [2.05, 4.69) is 24.2 Å². The molecule has 0 amide bonds. The van der Waals surface area contributed by atoms with Crippen molar-refractivity contribution >= 4 is 11.6 Å². The number of nitrogens with zero attached hydrogens (tertiary/aromatic N) is 1. The highest BCUT2D eigenvalue weighted by molar-refractivity contribution is 6.25. The Balaban J connectivity index is 2.05. The number of halogens is 1. The van der Waals surface area contributed by atoms with E-state index >= 15 is 0 Å². The first-order valence-corrected chi connectivity index (χ1v) is 5.37. The van der Waals surface area contributed by atoms with E-state index in [1.807, 2.05) is 6.08 Å². The Labute approximate surface area is 85.9 Å². The van der Waals surface area contributed by atoms with Gasteiger partial charge in [0.2, 0.25) is 0 Å². The molecule has 1 unspecified atom stereocenters. The summed E-state index contributed by atoms with van der Waals surface area (Å²) in [5.74, 6) is 0. The second kappa shape index (κ2) is 5.63. The molecule has 0 radical (unpaired) electrons. The van der Waals surface area contributed by atoms with Gasteiger partial charge in [-0.2, -0.15) is 0 Å². The first kappa shape index (κ1) is 11.0. The molecule has 0 saturated heterocycles. The molecular weight excluding hydrogens is 184 g/mol. The minimum absolute atomic E-state index is 0.622. The van der Waals surface area contributed by atoms with Gasteiger partial charge in [-0.05, 0) is 26.8 Å². The van der Waals surface area contributed by atoms with E-state index in [-0.39, 0.29) is 0 Å². The molecule has 1 aliphatic rings. The molecule has 2 nitrogen and oxygen atoms in total. The maximum Gasteiger partial charge on any atom is 0.0192 e. The molecule has 0 bridgehead atoms. The van der Waals surface area contributed by atoms with Gasteiger partial charge in [0.15, 0.2) is 0 Å². The van der Waals surface area contributed by atoms with E-state index in [4.69, 9.17) is 11.6 Å².